The zero-order valence-corrected chi connectivity index (χ0v) is 12.5. The Balaban J connectivity index is 2.29. The molecule has 7 heteroatoms. The lowest BCUT2D eigenvalue weighted by atomic mass is 9.86. The quantitative estimate of drug-likeness (QED) is 0.684. The molecule has 23 heavy (non-hydrogen) atoms. The van der Waals surface area contributed by atoms with Crippen molar-refractivity contribution in [2.45, 2.75) is 25.7 Å². The number of nitro groups is 1. The number of carboxylic acid groups (broad SMARTS) is 1. The predicted octanol–water partition coefficient (Wildman–Crippen LogP) is 3.44. The lowest BCUT2D eigenvalue weighted by Crippen LogP contribution is -2.08. The molecule has 0 bridgehead atoms. The molecule has 1 aliphatic carbocycles. The fourth-order valence-electron chi connectivity index (χ4n) is 3.06. The summed E-state index contributed by atoms with van der Waals surface area (Å²) in [6.45, 7) is 0. The number of carboxylic acids is 1. The van der Waals surface area contributed by atoms with Crippen molar-refractivity contribution in [1.29, 1.82) is 0 Å². The van der Waals surface area contributed by atoms with Crippen LogP contribution in [0.15, 0.2) is 22.6 Å². The summed E-state index contributed by atoms with van der Waals surface area (Å²) >= 11 is 0. The molecule has 0 spiro atoms. The third-order valence-corrected chi connectivity index (χ3v) is 4.05. The van der Waals surface area contributed by atoms with Crippen LogP contribution < -0.4 is 4.74 Å². The van der Waals surface area contributed by atoms with E-state index in [9.17, 15) is 14.9 Å². The first-order valence-electron chi connectivity index (χ1n) is 7.23. The van der Waals surface area contributed by atoms with Crippen molar-refractivity contribution in [2.75, 3.05) is 7.11 Å². The maximum atomic E-state index is 11.4. The highest BCUT2D eigenvalue weighted by Gasteiger charge is 2.29. The van der Waals surface area contributed by atoms with E-state index in [1.807, 2.05) is 0 Å². The van der Waals surface area contributed by atoms with Crippen LogP contribution in [0.4, 0.5) is 5.69 Å². The third-order valence-electron chi connectivity index (χ3n) is 4.05. The highest BCUT2D eigenvalue weighted by molar-refractivity contribution is 5.86. The molecular weight excluding hydrogens is 302 g/mol. The van der Waals surface area contributed by atoms with Gasteiger partial charge in [-0.1, -0.05) is 0 Å². The third kappa shape index (κ3) is 2.54. The summed E-state index contributed by atoms with van der Waals surface area (Å²) in [5.41, 5.74) is 2.19. The van der Waals surface area contributed by atoms with Crippen molar-refractivity contribution < 1.29 is 24.0 Å². The van der Waals surface area contributed by atoms with Gasteiger partial charge in [-0.25, -0.2) is 4.79 Å². The van der Waals surface area contributed by atoms with Crippen LogP contribution in [0.3, 0.4) is 0 Å². The van der Waals surface area contributed by atoms with Crippen LogP contribution in [-0.4, -0.2) is 23.1 Å². The van der Waals surface area contributed by atoms with Crippen LogP contribution >= 0.6 is 0 Å². The predicted molar refractivity (Wildman–Crippen MR) is 81.0 cm³/mol. The van der Waals surface area contributed by atoms with E-state index < -0.39 is 10.9 Å². The van der Waals surface area contributed by atoms with Gasteiger partial charge in [0.15, 0.2) is 0 Å². The van der Waals surface area contributed by atoms with Gasteiger partial charge in [0.2, 0.25) is 11.5 Å². The number of carbonyl (C=O) groups is 1. The Labute approximate surface area is 131 Å². The Morgan fingerprint density at radius 2 is 2.09 bits per heavy atom. The Morgan fingerprint density at radius 1 is 1.35 bits per heavy atom. The van der Waals surface area contributed by atoms with E-state index in [0.717, 1.165) is 36.8 Å². The van der Waals surface area contributed by atoms with Gasteiger partial charge in [0.05, 0.1) is 17.6 Å². The van der Waals surface area contributed by atoms with Crippen LogP contribution in [0.1, 0.15) is 34.5 Å². The van der Waals surface area contributed by atoms with E-state index in [1.165, 1.54) is 19.2 Å². The molecule has 120 valence electrons. The van der Waals surface area contributed by atoms with Gasteiger partial charge >= 0.3 is 11.7 Å². The molecule has 1 aromatic carbocycles. The van der Waals surface area contributed by atoms with E-state index >= 15 is 0 Å². The van der Waals surface area contributed by atoms with E-state index in [-0.39, 0.29) is 23.0 Å². The number of nitrogens with zero attached hydrogens (tertiary/aromatic N) is 1. The molecule has 3 rings (SSSR count). The number of methoxy groups -OCH3 is 1. The normalized spacial score (nSPS) is 13.4. The average molecular weight is 317 g/mol. The molecule has 0 saturated carbocycles. The van der Waals surface area contributed by atoms with Gasteiger partial charge in [0.1, 0.15) is 5.76 Å². The Bertz CT molecular complexity index is 792. The zero-order chi connectivity index (χ0) is 16.6. The smallest absolute Gasteiger partial charge is 0.371 e. The SMILES string of the molecule is COc1c([N+](=O)[O-])cc2c(c1-c1ccc(C(=O)O)o1)CCCC2. The molecule has 1 aliphatic rings. The minimum absolute atomic E-state index is 0.113. The highest BCUT2D eigenvalue weighted by Crippen LogP contribution is 2.45. The molecule has 1 heterocycles. The molecule has 7 nitrogen and oxygen atoms in total. The number of hydrogen-bond acceptors (Lipinski definition) is 5. The summed E-state index contributed by atoms with van der Waals surface area (Å²) in [4.78, 5) is 21.9. The van der Waals surface area contributed by atoms with Gasteiger partial charge in [0.25, 0.3) is 0 Å². The monoisotopic (exact) mass is 317 g/mol. The first kappa shape index (κ1) is 15.1. The van der Waals surface area contributed by atoms with Crippen LogP contribution in [0.5, 0.6) is 5.75 Å². The van der Waals surface area contributed by atoms with Gasteiger partial charge in [-0.15, -0.1) is 0 Å². The second-order valence-electron chi connectivity index (χ2n) is 5.37. The summed E-state index contributed by atoms with van der Waals surface area (Å²) in [5, 5.41) is 20.4. The van der Waals surface area contributed by atoms with Crippen molar-refractivity contribution in [3.8, 4) is 17.1 Å². The number of ether oxygens (including phenoxy) is 1. The molecule has 0 atom stereocenters. The first-order chi connectivity index (χ1) is 11.0. The molecule has 0 radical (unpaired) electrons. The highest BCUT2D eigenvalue weighted by atomic mass is 16.6. The molecule has 0 unspecified atom stereocenters. The second kappa shape index (κ2) is 5.75. The van der Waals surface area contributed by atoms with Gasteiger partial charge < -0.3 is 14.3 Å². The Hall–Kier alpha value is -2.83. The van der Waals surface area contributed by atoms with Crippen LogP contribution in [0.2, 0.25) is 0 Å². The van der Waals surface area contributed by atoms with E-state index in [2.05, 4.69) is 0 Å². The molecular formula is C16H15NO6. The van der Waals surface area contributed by atoms with Crippen LogP contribution in [-0.2, 0) is 12.8 Å². The summed E-state index contributed by atoms with van der Waals surface area (Å²) in [6.07, 6.45) is 3.43. The topological polar surface area (TPSA) is 103 Å². The maximum Gasteiger partial charge on any atom is 0.371 e. The minimum atomic E-state index is -1.19. The van der Waals surface area contributed by atoms with Crippen LogP contribution in [0.25, 0.3) is 11.3 Å². The number of rotatable bonds is 4. The van der Waals surface area contributed by atoms with Gasteiger partial charge in [0, 0.05) is 6.07 Å². The van der Waals surface area contributed by atoms with Crippen molar-refractivity contribution in [1.82, 2.24) is 0 Å². The number of aryl methyl sites for hydroxylation is 1. The number of nitro benzene ring substituents is 1. The molecule has 0 saturated heterocycles. The summed E-state index contributed by atoms with van der Waals surface area (Å²) < 4.78 is 10.7. The fraction of sp³-hybridized carbons (Fsp3) is 0.312. The standard InChI is InChI=1S/C16H15NO6/c1-22-15-11(17(20)21)8-9-4-2-3-5-10(9)14(15)12-6-7-13(23-12)16(18)19/h6-8H,2-5H2,1H3,(H,18,19). The molecule has 0 aliphatic heterocycles. The molecule has 0 fully saturated rings. The summed E-state index contributed by atoms with van der Waals surface area (Å²) in [5.74, 6) is -1.00. The second-order valence-corrected chi connectivity index (χ2v) is 5.37. The number of aromatic carboxylic acids is 1. The molecule has 0 amide bonds. The number of benzene rings is 1. The zero-order valence-electron chi connectivity index (χ0n) is 12.5. The lowest BCUT2D eigenvalue weighted by molar-refractivity contribution is -0.385. The average Bonchev–Trinajstić information content (AvgIpc) is 3.02. The summed E-state index contributed by atoms with van der Waals surface area (Å²) in [6, 6.07) is 4.41. The summed E-state index contributed by atoms with van der Waals surface area (Å²) in [7, 11) is 1.36. The van der Waals surface area contributed by atoms with E-state index in [0.29, 0.717) is 5.56 Å². The van der Waals surface area contributed by atoms with Crippen molar-refractivity contribution >= 4 is 11.7 Å². The van der Waals surface area contributed by atoms with Crippen molar-refractivity contribution in [3.63, 3.8) is 0 Å². The molecule has 2 aromatic rings. The Kier molecular flexibility index (Phi) is 3.77. The lowest BCUT2D eigenvalue weighted by Gasteiger charge is -2.20. The van der Waals surface area contributed by atoms with Gasteiger partial charge in [-0.3, -0.25) is 10.1 Å². The first-order valence-corrected chi connectivity index (χ1v) is 7.23. The Morgan fingerprint density at radius 3 is 2.70 bits per heavy atom. The van der Waals surface area contributed by atoms with Crippen LogP contribution in [0, 0.1) is 10.1 Å². The molecule has 1 N–H and O–H groups in total. The largest absolute Gasteiger partial charge is 0.490 e. The van der Waals surface area contributed by atoms with Gasteiger partial charge in [-0.2, -0.15) is 0 Å². The number of fused-ring (bicyclic) bond motifs is 1. The minimum Gasteiger partial charge on any atom is -0.490 e. The fourth-order valence-corrected chi connectivity index (χ4v) is 3.06. The number of furan rings is 1. The van der Waals surface area contributed by atoms with Gasteiger partial charge in [-0.05, 0) is 48.9 Å². The number of hydrogen-bond donors (Lipinski definition) is 1. The van der Waals surface area contributed by atoms with E-state index in [4.69, 9.17) is 14.3 Å². The maximum absolute atomic E-state index is 11.4. The van der Waals surface area contributed by atoms with Crippen molar-refractivity contribution in [2.24, 2.45) is 0 Å². The molecule has 1 aromatic heterocycles. The van der Waals surface area contributed by atoms with Crippen molar-refractivity contribution in [3.05, 3.63) is 45.2 Å². The van der Waals surface area contributed by atoms with E-state index in [1.54, 1.807) is 6.07 Å².